The van der Waals surface area contributed by atoms with Gasteiger partial charge in [0.1, 0.15) is 5.84 Å². The Bertz CT molecular complexity index is 513. The molecule has 6 nitrogen and oxygen atoms in total. The molecule has 0 saturated heterocycles. The number of rotatable bonds is 1. The van der Waals surface area contributed by atoms with Crippen molar-refractivity contribution in [2.45, 2.75) is 0 Å². The van der Waals surface area contributed by atoms with Gasteiger partial charge >= 0.3 is 7.82 Å². The molecule has 3 rings (SSSR count). The van der Waals surface area contributed by atoms with E-state index < -0.39 is 7.82 Å². The Morgan fingerprint density at radius 3 is 2.64 bits per heavy atom. The molecule has 0 spiro atoms. The van der Waals surface area contributed by atoms with Crippen molar-refractivity contribution in [2.24, 2.45) is 5.73 Å². The first kappa shape index (κ1) is 7.70. The Morgan fingerprint density at radius 1 is 1.29 bits per heavy atom. The van der Waals surface area contributed by atoms with Crippen molar-refractivity contribution in [1.82, 2.24) is 0 Å². The quantitative estimate of drug-likeness (QED) is 0.415. The summed E-state index contributed by atoms with van der Waals surface area (Å²) in [5, 5.41) is 7.26. The average molecular weight is 212 g/mol. The molecule has 14 heavy (non-hydrogen) atoms. The van der Waals surface area contributed by atoms with Crippen LogP contribution >= 0.6 is 7.82 Å². The van der Waals surface area contributed by atoms with E-state index in [0.717, 1.165) is 0 Å². The fourth-order valence-corrected chi connectivity index (χ4v) is 2.70. The van der Waals surface area contributed by atoms with Crippen molar-refractivity contribution in [3.8, 4) is 17.2 Å². The molecule has 0 fully saturated rings. The van der Waals surface area contributed by atoms with Gasteiger partial charge in [-0.2, -0.15) is 4.57 Å². The molecule has 0 aliphatic carbocycles. The monoisotopic (exact) mass is 212 g/mol. The number of hydrogen-bond acceptors (Lipinski definition) is 5. The van der Waals surface area contributed by atoms with Crippen LogP contribution in [0, 0.1) is 5.41 Å². The molecule has 2 aliphatic rings. The van der Waals surface area contributed by atoms with Gasteiger partial charge in [-0.15, -0.1) is 0 Å². The van der Waals surface area contributed by atoms with Gasteiger partial charge in [-0.3, -0.25) is 5.41 Å². The summed E-state index contributed by atoms with van der Waals surface area (Å²) in [6.45, 7) is 0. The van der Waals surface area contributed by atoms with Crippen molar-refractivity contribution in [3.05, 3.63) is 17.7 Å². The third kappa shape index (κ3) is 0.761. The molecule has 7 heteroatoms. The highest BCUT2D eigenvalue weighted by atomic mass is 31.2. The number of nitrogen functional groups attached to an aromatic ring is 1. The van der Waals surface area contributed by atoms with Crippen molar-refractivity contribution < 1.29 is 18.1 Å². The molecule has 1 unspecified atom stereocenters. The van der Waals surface area contributed by atoms with Gasteiger partial charge in [0.2, 0.25) is 5.75 Å². The minimum absolute atomic E-state index is 0.160. The molecule has 2 aliphatic heterocycles. The van der Waals surface area contributed by atoms with Gasteiger partial charge < -0.3 is 19.3 Å². The predicted octanol–water partition coefficient (Wildman–Crippen LogP) is 1.24. The number of fused-ring (bicyclic) bond motifs is 1. The molecule has 0 radical (unpaired) electrons. The van der Waals surface area contributed by atoms with Gasteiger partial charge in [-0.1, -0.05) is 0 Å². The molecule has 0 saturated carbocycles. The highest BCUT2D eigenvalue weighted by molar-refractivity contribution is 7.50. The highest BCUT2D eigenvalue weighted by Gasteiger charge is 2.51. The van der Waals surface area contributed by atoms with Crippen LogP contribution in [0.5, 0.6) is 17.2 Å². The second kappa shape index (κ2) is 2.04. The second-order valence-corrected chi connectivity index (χ2v) is 4.35. The summed E-state index contributed by atoms with van der Waals surface area (Å²) in [6.07, 6.45) is 0. The summed E-state index contributed by atoms with van der Waals surface area (Å²) in [5.74, 6) is 0.733. The van der Waals surface area contributed by atoms with Crippen LogP contribution in [0.4, 0.5) is 0 Å². The Labute approximate surface area is 78.7 Å². The van der Waals surface area contributed by atoms with Crippen LogP contribution in [0.1, 0.15) is 5.56 Å². The van der Waals surface area contributed by atoms with Crippen molar-refractivity contribution >= 4 is 13.7 Å². The van der Waals surface area contributed by atoms with E-state index in [0.29, 0.717) is 11.3 Å². The topological polar surface area (TPSA) is 94.6 Å². The predicted molar refractivity (Wildman–Crippen MR) is 46.9 cm³/mol. The van der Waals surface area contributed by atoms with Crippen LogP contribution in [-0.4, -0.2) is 5.84 Å². The maximum absolute atomic E-state index is 11.5. The smallest absolute Gasteiger partial charge is 0.384 e. The van der Waals surface area contributed by atoms with Gasteiger partial charge in [0.25, 0.3) is 0 Å². The summed E-state index contributed by atoms with van der Waals surface area (Å²) in [5.41, 5.74) is 5.68. The summed E-state index contributed by atoms with van der Waals surface area (Å²) in [6, 6.07) is 3.12. The van der Waals surface area contributed by atoms with Crippen LogP contribution in [0.3, 0.4) is 0 Å². The Hall–Kier alpha value is -1.68. The van der Waals surface area contributed by atoms with E-state index in [1.165, 1.54) is 0 Å². The molecule has 1 atom stereocenters. The maximum Gasteiger partial charge on any atom is 0.647 e. The lowest BCUT2D eigenvalue weighted by Crippen LogP contribution is -2.12. The lowest BCUT2D eigenvalue weighted by Gasteiger charge is -2.11. The molecule has 72 valence electrons. The summed E-state index contributed by atoms with van der Waals surface area (Å²) in [7, 11) is -3.47. The Morgan fingerprint density at radius 2 is 2.00 bits per heavy atom. The number of amidine groups is 1. The number of phosphoric acid groups is 1. The number of nitrogens with one attached hydrogen (secondary N) is 1. The second-order valence-electron chi connectivity index (χ2n) is 2.90. The fraction of sp³-hybridized carbons (Fsp3) is 0. The van der Waals surface area contributed by atoms with Crippen LogP contribution < -0.4 is 19.3 Å². The van der Waals surface area contributed by atoms with Crippen LogP contribution in [0.25, 0.3) is 0 Å². The third-order valence-corrected chi connectivity index (χ3v) is 3.22. The van der Waals surface area contributed by atoms with Crippen molar-refractivity contribution in [1.29, 1.82) is 5.41 Å². The number of nitrogens with two attached hydrogens (primary N) is 1. The largest absolute Gasteiger partial charge is 0.647 e. The molecule has 0 aromatic heterocycles. The lowest BCUT2D eigenvalue weighted by atomic mass is 10.1. The standard InChI is InChI=1S/C7H5N2O4P/c8-7(9)3-1-2-4-6-5(3)12-14(10,11-4)13-6/h1-2H,(H3,8,9). The first-order chi connectivity index (χ1) is 6.59. The lowest BCUT2D eigenvalue weighted by molar-refractivity contribution is 0.354. The van der Waals surface area contributed by atoms with Crippen LogP contribution in [0.15, 0.2) is 12.1 Å². The zero-order chi connectivity index (χ0) is 9.92. The summed E-state index contributed by atoms with van der Waals surface area (Å²) < 4.78 is 26.3. The molecule has 3 N–H and O–H groups in total. The minimum Gasteiger partial charge on any atom is -0.384 e. The van der Waals surface area contributed by atoms with Gasteiger partial charge in [0.05, 0.1) is 5.56 Å². The van der Waals surface area contributed by atoms with E-state index in [1.807, 2.05) is 0 Å². The molecule has 2 heterocycles. The van der Waals surface area contributed by atoms with Crippen molar-refractivity contribution in [3.63, 3.8) is 0 Å². The minimum atomic E-state index is -3.47. The number of hydrogen-bond donors (Lipinski definition) is 2. The van der Waals surface area contributed by atoms with E-state index in [1.54, 1.807) is 12.1 Å². The molecule has 1 aromatic carbocycles. The van der Waals surface area contributed by atoms with Gasteiger partial charge in [-0.25, -0.2) is 0 Å². The number of phosphoric ester groups is 1. The average Bonchev–Trinajstić information content (AvgIpc) is 2.55. The molecular formula is C7H5N2O4P. The van der Waals surface area contributed by atoms with E-state index in [4.69, 9.17) is 24.7 Å². The maximum atomic E-state index is 11.5. The zero-order valence-electron chi connectivity index (χ0n) is 6.81. The van der Waals surface area contributed by atoms with Crippen LogP contribution in [0.2, 0.25) is 0 Å². The Balaban J connectivity index is 2.31. The van der Waals surface area contributed by atoms with E-state index >= 15 is 0 Å². The van der Waals surface area contributed by atoms with E-state index in [9.17, 15) is 4.57 Å². The number of benzene rings is 1. The SMILES string of the molecule is N=C(N)c1ccc2c3c1OP(=O)(O2)O3. The molecule has 1 aromatic rings. The summed E-state index contributed by atoms with van der Waals surface area (Å²) in [4.78, 5) is 0. The van der Waals surface area contributed by atoms with E-state index in [-0.39, 0.29) is 17.3 Å². The third-order valence-electron chi connectivity index (χ3n) is 1.98. The van der Waals surface area contributed by atoms with Crippen LogP contribution in [-0.2, 0) is 4.57 Å². The first-order valence-electron chi connectivity index (χ1n) is 3.79. The molecule has 2 bridgehead atoms. The van der Waals surface area contributed by atoms with Crippen molar-refractivity contribution in [2.75, 3.05) is 0 Å². The zero-order valence-corrected chi connectivity index (χ0v) is 7.71. The molecular weight excluding hydrogens is 207 g/mol. The normalized spacial score (nSPS) is 25.1. The van der Waals surface area contributed by atoms with Gasteiger partial charge in [0.15, 0.2) is 11.5 Å². The highest BCUT2D eigenvalue weighted by Crippen LogP contribution is 2.69. The van der Waals surface area contributed by atoms with Gasteiger partial charge in [-0.05, 0) is 12.1 Å². The fourth-order valence-electron chi connectivity index (χ4n) is 1.41. The first-order valence-corrected chi connectivity index (χ1v) is 5.25. The molecule has 0 amide bonds. The van der Waals surface area contributed by atoms with E-state index in [2.05, 4.69) is 0 Å². The summed E-state index contributed by atoms with van der Waals surface area (Å²) >= 11 is 0. The van der Waals surface area contributed by atoms with Gasteiger partial charge in [0, 0.05) is 0 Å². The Kier molecular flexibility index (Phi) is 1.12.